The monoisotopic (exact) mass is 314 g/mol. The van der Waals surface area contributed by atoms with E-state index in [4.69, 9.17) is 16.6 Å². The van der Waals surface area contributed by atoms with Crippen molar-refractivity contribution in [2.24, 2.45) is 0 Å². The highest BCUT2D eigenvalue weighted by Crippen LogP contribution is 2.13. The molecule has 1 aromatic carbocycles. The molecule has 1 aliphatic heterocycles. The van der Waals surface area contributed by atoms with Gasteiger partial charge in [0.15, 0.2) is 0 Å². The molecular weight excluding hydrogens is 288 g/mol. The molecule has 0 aromatic heterocycles. The van der Waals surface area contributed by atoms with Crippen molar-refractivity contribution in [3.05, 3.63) is 41.7 Å². The molecule has 23 heavy (non-hydrogen) atoms. The first-order valence-electron chi connectivity index (χ1n) is 7.96. The molecule has 1 fully saturated rings. The lowest BCUT2D eigenvalue weighted by atomic mass is 10.0. The SMILES string of the molecule is CCN1CCN(/C(=C/C(=N)C(=N)c2ccccc2N)NC)CC1. The van der Waals surface area contributed by atoms with E-state index >= 15 is 0 Å². The van der Waals surface area contributed by atoms with E-state index in [-0.39, 0.29) is 11.4 Å². The van der Waals surface area contributed by atoms with E-state index in [1.165, 1.54) is 0 Å². The average molecular weight is 314 g/mol. The zero-order chi connectivity index (χ0) is 16.8. The normalized spacial score (nSPS) is 16.3. The number of anilines is 1. The molecule has 1 aromatic rings. The third-order valence-electron chi connectivity index (χ3n) is 4.20. The van der Waals surface area contributed by atoms with Gasteiger partial charge in [0.2, 0.25) is 0 Å². The van der Waals surface area contributed by atoms with Gasteiger partial charge in [-0.1, -0.05) is 25.1 Å². The standard InChI is InChI=1S/C17H26N6/c1-3-22-8-10-23(11-9-22)16(21-2)12-15(19)17(20)13-6-4-5-7-14(13)18/h4-7,12,19-21H,3,8-11,18H2,1-2H3/b16-12+,19-15?,20-17?. The molecule has 0 bridgehead atoms. The van der Waals surface area contributed by atoms with Crippen LogP contribution in [0, 0.1) is 10.8 Å². The Hall–Kier alpha value is -2.34. The van der Waals surface area contributed by atoms with Crippen LogP contribution >= 0.6 is 0 Å². The number of likely N-dealkylation sites (N-methyl/N-ethyl adjacent to an activating group) is 1. The zero-order valence-corrected chi connectivity index (χ0v) is 13.9. The Kier molecular flexibility index (Phi) is 5.76. The fourth-order valence-electron chi connectivity index (χ4n) is 2.71. The number of piperazine rings is 1. The van der Waals surface area contributed by atoms with Crippen LogP contribution in [0.2, 0.25) is 0 Å². The highest BCUT2D eigenvalue weighted by molar-refractivity contribution is 6.50. The second kappa shape index (κ2) is 7.78. The Bertz CT molecular complexity index is 599. The first kappa shape index (κ1) is 17.0. The second-order valence-corrected chi connectivity index (χ2v) is 5.58. The number of hydrogen-bond acceptors (Lipinski definition) is 6. The van der Waals surface area contributed by atoms with Crippen LogP contribution in [0.3, 0.4) is 0 Å². The summed E-state index contributed by atoms with van der Waals surface area (Å²) in [6, 6.07) is 7.20. The summed E-state index contributed by atoms with van der Waals surface area (Å²) in [6.45, 7) is 7.13. The molecule has 0 amide bonds. The topological polar surface area (TPSA) is 92.2 Å². The van der Waals surface area contributed by atoms with E-state index in [2.05, 4.69) is 22.0 Å². The summed E-state index contributed by atoms with van der Waals surface area (Å²) < 4.78 is 0. The lowest BCUT2D eigenvalue weighted by Gasteiger charge is -2.36. The van der Waals surface area contributed by atoms with Gasteiger partial charge in [0.05, 0.1) is 11.4 Å². The van der Waals surface area contributed by atoms with Crippen molar-refractivity contribution in [2.45, 2.75) is 6.92 Å². The van der Waals surface area contributed by atoms with Crippen LogP contribution in [0.1, 0.15) is 12.5 Å². The van der Waals surface area contributed by atoms with Gasteiger partial charge in [-0.2, -0.15) is 0 Å². The summed E-state index contributed by atoms with van der Waals surface area (Å²) in [7, 11) is 1.85. The predicted octanol–water partition coefficient (Wildman–Crippen LogP) is 1.35. The van der Waals surface area contributed by atoms with Crippen molar-refractivity contribution in [2.75, 3.05) is 45.5 Å². The maximum atomic E-state index is 8.22. The Balaban J connectivity index is 2.10. The van der Waals surface area contributed by atoms with E-state index in [1.807, 2.05) is 19.2 Å². The van der Waals surface area contributed by atoms with Crippen LogP contribution in [-0.4, -0.2) is 61.0 Å². The first-order valence-corrected chi connectivity index (χ1v) is 7.96. The number of benzene rings is 1. The van der Waals surface area contributed by atoms with Gasteiger partial charge in [-0.25, -0.2) is 0 Å². The maximum absolute atomic E-state index is 8.22. The molecule has 5 N–H and O–H groups in total. The van der Waals surface area contributed by atoms with Crippen molar-refractivity contribution < 1.29 is 0 Å². The van der Waals surface area contributed by atoms with E-state index in [0.717, 1.165) is 38.5 Å². The minimum Gasteiger partial charge on any atom is -0.398 e. The molecule has 0 aliphatic carbocycles. The van der Waals surface area contributed by atoms with Crippen LogP contribution in [0.5, 0.6) is 0 Å². The quantitative estimate of drug-likeness (QED) is 0.471. The van der Waals surface area contributed by atoms with Gasteiger partial charge in [0.1, 0.15) is 5.82 Å². The molecule has 124 valence electrons. The molecule has 0 atom stereocenters. The highest BCUT2D eigenvalue weighted by Gasteiger charge is 2.18. The van der Waals surface area contributed by atoms with Gasteiger partial charge >= 0.3 is 0 Å². The third-order valence-corrected chi connectivity index (χ3v) is 4.20. The van der Waals surface area contributed by atoms with Crippen LogP contribution in [0.15, 0.2) is 36.2 Å². The molecule has 6 heteroatoms. The van der Waals surface area contributed by atoms with Crippen molar-refractivity contribution in [1.82, 2.24) is 15.1 Å². The molecule has 1 saturated heterocycles. The third kappa shape index (κ3) is 4.10. The van der Waals surface area contributed by atoms with Crippen LogP contribution < -0.4 is 11.1 Å². The van der Waals surface area contributed by atoms with Gasteiger partial charge in [-0.15, -0.1) is 0 Å². The van der Waals surface area contributed by atoms with Gasteiger partial charge < -0.3 is 20.9 Å². The smallest absolute Gasteiger partial charge is 0.103 e. The Morgan fingerprint density at radius 1 is 1.22 bits per heavy atom. The van der Waals surface area contributed by atoms with E-state index in [9.17, 15) is 0 Å². The molecular formula is C17H26N6. The highest BCUT2D eigenvalue weighted by atomic mass is 15.3. The van der Waals surface area contributed by atoms with Gasteiger partial charge in [0.25, 0.3) is 0 Å². The summed E-state index contributed by atoms with van der Waals surface area (Å²) >= 11 is 0. The predicted molar refractivity (Wildman–Crippen MR) is 96.2 cm³/mol. The number of nitrogens with zero attached hydrogens (tertiary/aromatic N) is 2. The molecule has 0 radical (unpaired) electrons. The number of nitrogen functional groups attached to an aromatic ring is 1. The van der Waals surface area contributed by atoms with Gasteiger partial charge in [-0.05, 0) is 12.6 Å². The fourth-order valence-corrected chi connectivity index (χ4v) is 2.71. The zero-order valence-electron chi connectivity index (χ0n) is 13.9. The molecule has 2 rings (SSSR count). The molecule has 0 spiro atoms. The Morgan fingerprint density at radius 2 is 1.87 bits per heavy atom. The van der Waals surface area contributed by atoms with E-state index < -0.39 is 0 Å². The van der Waals surface area contributed by atoms with E-state index in [1.54, 1.807) is 18.2 Å². The van der Waals surface area contributed by atoms with Crippen molar-refractivity contribution >= 4 is 17.1 Å². The minimum atomic E-state index is 0.142. The molecule has 1 aliphatic rings. The second-order valence-electron chi connectivity index (χ2n) is 5.58. The summed E-state index contributed by atoms with van der Waals surface area (Å²) in [5, 5.41) is 19.6. The maximum Gasteiger partial charge on any atom is 0.103 e. The fraction of sp³-hybridized carbons (Fsp3) is 0.412. The number of para-hydroxylation sites is 1. The molecule has 1 heterocycles. The summed E-state index contributed by atoms with van der Waals surface area (Å²) in [4.78, 5) is 4.63. The van der Waals surface area contributed by atoms with Crippen molar-refractivity contribution in [1.29, 1.82) is 10.8 Å². The van der Waals surface area contributed by atoms with Crippen LogP contribution in [-0.2, 0) is 0 Å². The number of nitrogens with one attached hydrogen (secondary N) is 3. The van der Waals surface area contributed by atoms with Crippen molar-refractivity contribution in [3.63, 3.8) is 0 Å². The van der Waals surface area contributed by atoms with Crippen LogP contribution in [0.4, 0.5) is 5.69 Å². The number of rotatable bonds is 6. The number of allylic oxidation sites excluding steroid dienone is 1. The Morgan fingerprint density at radius 3 is 2.43 bits per heavy atom. The first-order chi connectivity index (χ1) is 11.1. The number of nitrogens with two attached hydrogens (primary N) is 1. The van der Waals surface area contributed by atoms with Crippen LogP contribution in [0.25, 0.3) is 0 Å². The summed E-state index contributed by atoms with van der Waals surface area (Å²) in [5.74, 6) is 0.880. The van der Waals surface area contributed by atoms with Gasteiger partial charge in [-0.3, -0.25) is 10.8 Å². The number of hydrogen-bond donors (Lipinski definition) is 4. The largest absolute Gasteiger partial charge is 0.398 e. The summed E-state index contributed by atoms with van der Waals surface area (Å²) in [6.07, 6.45) is 1.72. The Labute approximate surface area is 138 Å². The van der Waals surface area contributed by atoms with E-state index in [0.29, 0.717) is 11.3 Å². The molecule has 0 saturated carbocycles. The lowest BCUT2D eigenvalue weighted by Crippen LogP contribution is -2.47. The lowest BCUT2D eigenvalue weighted by molar-refractivity contribution is 0.160. The summed E-state index contributed by atoms with van der Waals surface area (Å²) in [5.41, 5.74) is 7.33. The molecule has 6 nitrogen and oxygen atoms in total. The molecule has 0 unspecified atom stereocenters. The van der Waals surface area contributed by atoms with Gasteiger partial charge in [0, 0.05) is 50.6 Å². The van der Waals surface area contributed by atoms with Crippen molar-refractivity contribution in [3.8, 4) is 0 Å². The minimum absolute atomic E-state index is 0.142. The average Bonchev–Trinajstić information content (AvgIpc) is 2.59.